The Bertz CT molecular complexity index is 853. The number of aromatic carboxylic acids is 1. The molecule has 1 aromatic rings. The molecule has 0 spiro atoms. The number of hydrogen-bond donors (Lipinski definition) is 3. The van der Waals surface area contributed by atoms with E-state index in [2.05, 4.69) is 10.6 Å². The highest BCUT2D eigenvalue weighted by atomic mass is 19.3. The summed E-state index contributed by atoms with van der Waals surface area (Å²) >= 11 is 0. The lowest BCUT2D eigenvalue weighted by molar-refractivity contribution is -0.167. The zero-order valence-electron chi connectivity index (χ0n) is 14.8. The summed E-state index contributed by atoms with van der Waals surface area (Å²) in [6, 6.07) is 0. The molecular weight excluding hydrogens is 364 g/mol. The predicted molar refractivity (Wildman–Crippen MR) is 87.6 cm³/mol. The van der Waals surface area contributed by atoms with Crippen molar-refractivity contribution in [3.63, 3.8) is 0 Å². The molecule has 1 fully saturated rings. The van der Waals surface area contributed by atoms with E-state index in [0.717, 1.165) is 0 Å². The van der Waals surface area contributed by atoms with Crippen molar-refractivity contribution in [1.29, 1.82) is 0 Å². The van der Waals surface area contributed by atoms with Gasteiger partial charge < -0.3 is 20.3 Å². The number of Topliss-reactive ketones (excluding diaryl/α,β-unsaturated/α-hetero) is 1. The summed E-state index contributed by atoms with van der Waals surface area (Å²) in [4.78, 5) is 48.5. The fourth-order valence-electron chi connectivity index (χ4n) is 4.02. The Morgan fingerprint density at radius 3 is 2.41 bits per heavy atom. The van der Waals surface area contributed by atoms with E-state index in [1.54, 1.807) is 17.7 Å². The predicted octanol–water partition coefficient (Wildman–Crippen LogP) is 0.581. The molecule has 1 aromatic heterocycles. The number of nitrogens with zero attached hydrogens (tertiary/aromatic N) is 1. The molecule has 1 saturated carbocycles. The number of ketones is 1. The number of hydrogen-bond acceptors (Lipinski definition) is 4. The summed E-state index contributed by atoms with van der Waals surface area (Å²) in [6.45, 7) is 1.96. The second-order valence-corrected chi connectivity index (χ2v) is 7.10. The lowest BCUT2D eigenvalue weighted by atomic mass is 9.72. The third kappa shape index (κ3) is 2.98. The van der Waals surface area contributed by atoms with Gasteiger partial charge in [0.15, 0.2) is 0 Å². The quantitative estimate of drug-likeness (QED) is 0.643. The van der Waals surface area contributed by atoms with Crippen molar-refractivity contribution >= 4 is 23.6 Å². The van der Waals surface area contributed by atoms with Gasteiger partial charge in [0.25, 0.3) is 11.8 Å². The zero-order valence-corrected chi connectivity index (χ0v) is 14.8. The van der Waals surface area contributed by atoms with Crippen LogP contribution >= 0.6 is 0 Å². The van der Waals surface area contributed by atoms with E-state index in [1.807, 2.05) is 0 Å². The van der Waals surface area contributed by atoms with Gasteiger partial charge in [-0.15, -0.1) is 0 Å². The standard InChI is InChI=1S/C17H19F2N3O5/c1-8-5-22-4-3-9(11(22)10(8)14(25)26)12(23)13(24)21-16(15(27)20-2)6-17(18,19)7-16/h5,9H,3-4,6-7H2,1-2H3,(H,20,27)(H,21,24)(H,25,26). The minimum absolute atomic E-state index is 0.0326. The van der Waals surface area contributed by atoms with Crippen molar-refractivity contribution in [3.05, 3.63) is 23.0 Å². The van der Waals surface area contributed by atoms with Crippen LogP contribution in [0.2, 0.25) is 0 Å². The summed E-state index contributed by atoms with van der Waals surface area (Å²) in [5.41, 5.74) is -1.17. The lowest BCUT2D eigenvalue weighted by Crippen LogP contribution is -2.69. The summed E-state index contributed by atoms with van der Waals surface area (Å²) in [5, 5.41) is 13.8. The van der Waals surface area contributed by atoms with Crippen molar-refractivity contribution in [1.82, 2.24) is 15.2 Å². The molecule has 1 unspecified atom stereocenters. The van der Waals surface area contributed by atoms with Gasteiger partial charge in [0.1, 0.15) is 5.54 Å². The first kappa shape index (κ1) is 19.0. The van der Waals surface area contributed by atoms with Gasteiger partial charge in [-0.3, -0.25) is 14.4 Å². The Morgan fingerprint density at radius 2 is 1.89 bits per heavy atom. The van der Waals surface area contributed by atoms with Gasteiger partial charge in [-0.2, -0.15) is 0 Å². The van der Waals surface area contributed by atoms with E-state index in [0.29, 0.717) is 12.1 Å². The van der Waals surface area contributed by atoms with E-state index in [1.165, 1.54) is 7.05 Å². The summed E-state index contributed by atoms with van der Waals surface area (Å²) in [5.74, 6) is -8.20. The Hall–Kier alpha value is -2.78. The molecule has 2 aliphatic rings. The highest BCUT2D eigenvalue weighted by Crippen LogP contribution is 2.46. The minimum Gasteiger partial charge on any atom is -0.478 e. The number of rotatable bonds is 5. The number of halogens is 2. The van der Waals surface area contributed by atoms with Crippen molar-refractivity contribution in [2.45, 2.75) is 50.1 Å². The van der Waals surface area contributed by atoms with Crippen LogP contribution in [0.25, 0.3) is 0 Å². The molecule has 1 aliphatic heterocycles. The number of likely N-dealkylation sites (N-methyl/N-ethyl adjacent to an activating group) is 1. The van der Waals surface area contributed by atoms with Gasteiger partial charge in [0, 0.05) is 38.3 Å². The van der Waals surface area contributed by atoms with Crippen molar-refractivity contribution in [2.75, 3.05) is 7.05 Å². The van der Waals surface area contributed by atoms with Gasteiger partial charge in [-0.05, 0) is 18.9 Å². The van der Waals surface area contributed by atoms with Crippen LogP contribution in [0.5, 0.6) is 0 Å². The topological polar surface area (TPSA) is 118 Å². The molecule has 1 aliphatic carbocycles. The second-order valence-electron chi connectivity index (χ2n) is 7.10. The number of carbonyl (C=O) groups excluding carboxylic acids is 3. The highest BCUT2D eigenvalue weighted by Gasteiger charge is 2.62. The second kappa shape index (κ2) is 6.14. The van der Waals surface area contributed by atoms with E-state index in [-0.39, 0.29) is 17.7 Å². The molecule has 0 radical (unpaired) electrons. The molecule has 146 valence electrons. The molecule has 3 N–H and O–H groups in total. The normalized spacial score (nSPS) is 21.7. The molecule has 3 rings (SSSR count). The van der Waals surface area contributed by atoms with Crippen LogP contribution in [0.1, 0.15) is 46.8 Å². The first-order valence-electron chi connectivity index (χ1n) is 8.40. The first-order valence-corrected chi connectivity index (χ1v) is 8.40. The molecule has 0 aromatic carbocycles. The largest absolute Gasteiger partial charge is 0.478 e. The SMILES string of the molecule is CNC(=O)C1(NC(=O)C(=O)C2CCn3cc(C)c(C(=O)O)c32)CC(F)(F)C1. The Morgan fingerprint density at radius 1 is 1.26 bits per heavy atom. The summed E-state index contributed by atoms with van der Waals surface area (Å²) in [6.07, 6.45) is 0.0478. The Kier molecular flexibility index (Phi) is 4.32. The van der Waals surface area contributed by atoms with Crippen molar-refractivity contribution in [2.24, 2.45) is 0 Å². The van der Waals surface area contributed by atoms with E-state index in [4.69, 9.17) is 0 Å². The monoisotopic (exact) mass is 383 g/mol. The maximum absolute atomic E-state index is 13.3. The lowest BCUT2D eigenvalue weighted by Gasteiger charge is -2.45. The van der Waals surface area contributed by atoms with Crippen LogP contribution in [0.15, 0.2) is 6.20 Å². The molecule has 8 nitrogen and oxygen atoms in total. The molecule has 0 saturated heterocycles. The Labute approximate surface area is 152 Å². The first-order chi connectivity index (χ1) is 12.5. The molecule has 2 amide bonds. The third-order valence-electron chi connectivity index (χ3n) is 5.19. The summed E-state index contributed by atoms with van der Waals surface area (Å²) in [7, 11) is 1.25. The van der Waals surface area contributed by atoms with E-state index < -0.39 is 53.8 Å². The molecule has 2 heterocycles. The number of alkyl halides is 2. The minimum atomic E-state index is -3.10. The van der Waals surface area contributed by atoms with Gasteiger partial charge in [-0.25, -0.2) is 13.6 Å². The molecular formula is C17H19F2N3O5. The fraction of sp³-hybridized carbons (Fsp3) is 0.529. The molecule has 1 atom stereocenters. The van der Waals surface area contributed by atoms with Crippen LogP contribution in [0.4, 0.5) is 8.78 Å². The van der Waals surface area contributed by atoms with Gasteiger partial charge in [0.2, 0.25) is 11.7 Å². The third-order valence-corrected chi connectivity index (χ3v) is 5.19. The van der Waals surface area contributed by atoms with Crippen LogP contribution < -0.4 is 10.6 Å². The number of aryl methyl sites for hydroxylation is 2. The number of carbonyl (C=O) groups is 4. The highest BCUT2D eigenvalue weighted by molar-refractivity contribution is 6.39. The van der Waals surface area contributed by atoms with Crippen LogP contribution in [-0.4, -0.2) is 51.7 Å². The number of carboxylic acid groups (broad SMARTS) is 1. The van der Waals surface area contributed by atoms with Crippen LogP contribution in [-0.2, 0) is 20.9 Å². The van der Waals surface area contributed by atoms with Crippen LogP contribution in [0, 0.1) is 6.92 Å². The average molecular weight is 383 g/mol. The van der Waals surface area contributed by atoms with E-state index in [9.17, 15) is 33.1 Å². The average Bonchev–Trinajstić information content (AvgIpc) is 3.08. The fourth-order valence-corrected chi connectivity index (χ4v) is 4.02. The van der Waals surface area contributed by atoms with Crippen molar-refractivity contribution in [3.8, 4) is 0 Å². The summed E-state index contributed by atoms with van der Waals surface area (Å²) < 4.78 is 28.3. The van der Waals surface area contributed by atoms with Gasteiger partial charge >= 0.3 is 5.97 Å². The van der Waals surface area contributed by atoms with Gasteiger partial charge in [0.05, 0.1) is 11.5 Å². The number of nitrogens with one attached hydrogen (secondary N) is 2. The van der Waals surface area contributed by atoms with Crippen LogP contribution in [0.3, 0.4) is 0 Å². The van der Waals surface area contributed by atoms with E-state index >= 15 is 0 Å². The zero-order chi connectivity index (χ0) is 20.1. The smallest absolute Gasteiger partial charge is 0.337 e. The molecule has 27 heavy (non-hydrogen) atoms. The maximum Gasteiger partial charge on any atom is 0.337 e. The number of carboxylic acids is 1. The number of aromatic nitrogens is 1. The number of fused-ring (bicyclic) bond motifs is 1. The molecule has 10 heteroatoms. The molecule has 0 bridgehead atoms. The van der Waals surface area contributed by atoms with Crippen molar-refractivity contribution < 1.29 is 33.1 Å². The Balaban J connectivity index is 1.83. The van der Waals surface area contributed by atoms with Gasteiger partial charge in [-0.1, -0.05) is 0 Å². The number of amides is 2. The maximum atomic E-state index is 13.3.